The van der Waals surface area contributed by atoms with Gasteiger partial charge < -0.3 is 10.1 Å². The summed E-state index contributed by atoms with van der Waals surface area (Å²) in [6.07, 6.45) is 3.31. The highest BCUT2D eigenvalue weighted by atomic mass is 79.9. The normalized spacial score (nSPS) is 9.88. The summed E-state index contributed by atoms with van der Waals surface area (Å²) < 4.78 is 6.34. The number of nitrogens with one attached hydrogen (secondary N) is 1. The van der Waals surface area contributed by atoms with E-state index >= 15 is 0 Å². The molecular formula is C11H10BrN3O. The molecule has 82 valence electrons. The maximum atomic E-state index is 5.56. The molecule has 0 aliphatic carbocycles. The van der Waals surface area contributed by atoms with E-state index in [0.29, 0.717) is 11.5 Å². The van der Waals surface area contributed by atoms with Gasteiger partial charge in [-0.2, -0.15) is 0 Å². The Balaban J connectivity index is 2.11. The molecule has 0 saturated heterocycles. The van der Waals surface area contributed by atoms with E-state index in [9.17, 15) is 0 Å². The molecule has 16 heavy (non-hydrogen) atoms. The Morgan fingerprint density at radius 2 is 1.75 bits per heavy atom. The lowest BCUT2D eigenvalue weighted by Gasteiger charge is -2.05. The summed E-state index contributed by atoms with van der Waals surface area (Å²) in [5.74, 6) is 2.17. The third-order valence-corrected chi connectivity index (χ3v) is 2.40. The summed E-state index contributed by atoms with van der Waals surface area (Å²) >= 11 is 3.26. The molecule has 0 bridgehead atoms. The van der Waals surface area contributed by atoms with Crippen LogP contribution in [0, 0.1) is 0 Å². The predicted molar refractivity (Wildman–Crippen MR) is 65.8 cm³/mol. The van der Waals surface area contributed by atoms with Gasteiger partial charge in [0, 0.05) is 7.05 Å². The summed E-state index contributed by atoms with van der Waals surface area (Å²) in [5, 5.41) is 2.94. The first-order valence-electron chi connectivity index (χ1n) is 4.71. The van der Waals surface area contributed by atoms with Crippen molar-refractivity contribution in [1.82, 2.24) is 9.97 Å². The van der Waals surface area contributed by atoms with E-state index in [2.05, 4.69) is 31.2 Å². The molecule has 0 amide bonds. The molecule has 0 atom stereocenters. The highest BCUT2D eigenvalue weighted by molar-refractivity contribution is 9.10. The van der Waals surface area contributed by atoms with Gasteiger partial charge in [-0.1, -0.05) is 0 Å². The van der Waals surface area contributed by atoms with Gasteiger partial charge in [-0.3, -0.25) is 0 Å². The maximum Gasteiger partial charge on any atom is 0.145 e. The van der Waals surface area contributed by atoms with Crippen molar-refractivity contribution in [3.63, 3.8) is 0 Å². The predicted octanol–water partition coefficient (Wildman–Crippen LogP) is 3.07. The summed E-state index contributed by atoms with van der Waals surface area (Å²) in [6, 6.07) is 7.36. The monoisotopic (exact) mass is 279 g/mol. The van der Waals surface area contributed by atoms with Gasteiger partial charge in [0.05, 0.1) is 12.4 Å². The van der Waals surface area contributed by atoms with Crippen LogP contribution in [0.3, 0.4) is 0 Å². The molecule has 1 N–H and O–H groups in total. The number of hydrogen-bond acceptors (Lipinski definition) is 4. The molecule has 0 radical (unpaired) electrons. The summed E-state index contributed by atoms with van der Waals surface area (Å²) in [5.41, 5.74) is 0. The van der Waals surface area contributed by atoms with Gasteiger partial charge in [-0.15, -0.1) is 0 Å². The number of halogens is 1. The first kappa shape index (κ1) is 10.9. The molecular weight excluding hydrogens is 270 g/mol. The Hall–Kier alpha value is -1.62. The quantitative estimate of drug-likeness (QED) is 0.878. The van der Waals surface area contributed by atoms with Crippen LogP contribution in [0.4, 0.5) is 5.82 Å². The van der Waals surface area contributed by atoms with Gasteiger partial charge in [-0.25, -0.2) is 9.97 Å². The molecule has 2 heterocycles. The highest BCUT2D eigenvalue weighted by Gasteiger charge is 1.98. The number of ether oxygens (including phenoxy) is 1. The van der Waals surface area contributed by atoms with E-state index in [0.717, 1.165) is 10.4 Å². The van der Waals surface area contributed by atoms with E-state index in [1.54, 1.807) is 12.4 Å². The van der Waals surface area contributed by atoms with Crippen molar-refractivity contribution in [1.29, 1.82) is 0 Å². The van der Waals surface area contributed by atoms with Crippen molar-refractivity contribution < 1.29 is 4.74 Å². The molecule has 0 fully saturated rings. The Morgan fingerprint density at radius 3 is 2.25 bits per heavy atom. The fraction of sp³-hybridized carbons (Fsp3) is 0.0909. The van der Waals surface area contributed by atoms with Gasteiger partial charge in [0.2, 0.25) is 0 Å². The highest BCUT2D eigenvalue weighted by Crippen LogP contribution is 2.21. The topological polar surface area (TPSA) is 47.0 Å². The Morgan fingerprint density at radius 1 is 1.06 bits per heavy atom. The second kappa shape index (κ2) is 4.94. The third-order valence-electron chi connectivity index (χ3n) is 1.93. The summed E-state index contributed by atoms with van der Waals surface area (Å²) in [6.45, 7) is 0. The lowest BCUT2D eigenvalue weighted by Crippen LogP contribution is -1.92. The Bertz CT molecular complexity index is 456. The number of nitrogens with zero attached hydrogens (tertiary/aromatic N) is 2. The van der Waals surface area contributed by atoms with Gasteiger partial charge in [-0.05, 0) is 40.2 Å². The van der Waals surface area contributed by atoms with Crippen LogP contribution in [0.5, 0.6) is 11.5 Å². The number of anilines is 1. The van der Waals surface area contributed by atoms with Crippen LogP contribution in [0.2, 0.25) is 0 Å². The third kappa shape index (κ3) is 2.70. The van der Waals surface area contributed by atoms with Crippen molar-refractivity contribution >= 4 is 21.7 Å². The average Bonchev–Trinajstić information content (AvgIpc) is 2.33. The van der Waals surface area contributed by atoms with Crippen LogP contribution < -0.4 is 10.1 Å². The van der Waals surface area contributed by atoms with E-state index in [-0.39, 0.29) is 0 Å². The minimum Gasteiger partial charge on any atom is -0.454 e. The molecule has 0 aliphatic rings. The number of pyridine rings is 2. The molecule has 0 spiro atoms. The van der Waals surface area contributed by atoms with Crippen molar-refractivity contribution in [2.45, 2.75) is 0 Å². The van der Waals surface area contributed by atoms with Crippen molar-refractivity contribution in [2.75, 3.05) is 12.4 Å². The van der Waals surface area contributed by atoms with E-state index in [4.69, 9.17) is 4.74 Å². The molecule has 2 aromatic heterocycles. The number of rotatable bonds is 3. The van der Waals surface area contributed by atoms with Crippen molar-refractivity contribution in [3.8, 4) is 11.5 Å². The lowest BCUT2D eigenvalue weighted by atomic mass is 10.4. The standard InChI is InChI=1S/C11H10BrN3O/c1-13-11-5-3-9(7-15-11)16-8-2-4-10(12)14-6-8/h2-7H,1H3,(H,13,15). The lowest BCUT2D eigenvalue weighted by molar-refractivity contribution is 0.478. The summed E-state index contributed by atoms with van der Waals surface area (Å²) in [7, 11) is 1.82. The second-order valence-corrected chi connectivity index (χ2v) is 3.86. The zero-order valence-electron chi connectivity index (χ0n) is 8.64. The molecule has 0 aliphatic heterocycles. The SMILES string of the molecule is CNc1ccc(Oc2ccc(Br)nc2)cn1. The van der Waals surface area contributed by atoms with Crippen LogP contribution in [0.1, 0.15) is 0 Å². The van der Waals surface area contributed by atoms with Crippen LogP contribution in [0.15, 0.2) is 41.3 Å². The van der Waals surface area contributed by atoms with Gasteiger partial charge in [0.1, 0.15) is 21.9 Å². The van der Waals surface area contributed by atoms with Gasteiger partial charge in [0.25, 0.3) is 0 Å². The Kier molecular flexibility index (Phi) is 3.36. The zero-order chi connectivity index (χ0) is 11.4. The molecule has 2 aromatic rings. The molecule has 4 nitrogen and oxygen atoms in total. The maximum absolute atomic E-state index is 5.56. The van der Waals surface area contributed by atoms with E-state index in [1.807, 2.05) is 31.3 Å². The average molecular weight is 280 g/mol. The molecule has 0 saturated carbocycles. The fourth-order valence-electron chi connectivity index (χ4n) is 1.15. The van der Waals surface area contributed by atoms with Crippen LogP contribution in [-0.2, 0) is 0 Å². The molecule has 5 heteroatoms. The first-order chi connectivity index (χ1) is 7.78. The first-order valence-corrected chi connectivity index (χ1v) is 5.50. The molecule has 2 rings (SSSR count). The van der Waals surface area contributed by atoms with Crippen LogP contribution in [0.25, 0.3) is 0 Å². The number of aromatic nitrogens is 2. The zero-order valence-corrected chi connectivity index (χ0v) is 10.2. The largest absolute Gasteiger partial charge is 0.454 e. The molecule has 0 unspecified atom stereocenters. The van der Waals surface area contributed by atoms with Crippen molar-refractivity contribution in [2.24, 2.45) is 0 Å². The van der Waals surface area contributed by atoms with E-state index in [1.165, 1.54) is 0 Å². The smallest absolute Gasteiger partial charge is 0.145 e. The van der Waals surface area contributed by atoms with Gasteiger partial charge in [0.15, 0.2) is 0 Å². The summed E-state index contributed by atoms with van der Waals surface area (Å²) in [4.78, 5) is 8.21. The van der Waals surface area contributed by atoms with Crippen LogP contribution in [-0.4, -0.2) is 17.0 Å². The van der Waals surface area contributed by atoms with E-state index < -0.39 is 0 Å². The van der Waals surface area contributed by atoms with Crippen molar-refractivity contribution in [3.05, 3.63) is 41.3 Å². The van der Waals surface area contributed by atoms with Gasteiger partial charge >= 0.3 is 0 Å². The minimum atomic E-state index is 0.683. The second-order valence-electron chi connectivity index (χ2n) is 3.05. The fourth-order valence-corrected chi connectivity index (χ4v) is 1.38. The minimum absolute atomic E-state index is 0.683. The Labute approximate surface area is 102 Å². The van der Waals surface area contributed by atoms with Crippen LogP contribution >= 0.6 is 15.9 Å². The molecule has 0 aromatic carbocycles. The number of hydrogen-bond donors (Lipinski definition) is 1.